The van der Waals surface area contributed by atoms with Gasteiger partial charge in [-0.15, -0.1) is 0 Å². The number of fused-ring (bicyclic) bond motifs is 1. The summed E-state index contributed by atoms with van der Waals surface area (Å²) in [4.78, 5) is 25.4. The molecule has 0 aliphatic carbocycles. The van der Waals surface area contributed by atoms with Crippen LogP contribution in [0.15, 0.2) is 24.4 Å². The third kappa shape index (κ3) is 4.21. The lowest BCUT2D eigenvalue weighted by Crippen LogP contribution is -2.11. The van der Waals surface area contributed by atoms with Gasteiger partial charge in [0.2, 0.25) is 5.88 Å². The highest BCUT2D eigenvalue weighted by Gasteiger charge is 2.22. The Morgan fingerprint density at radius 2 is 1.90 bits per heavy atom. The van der Waals surface area contributed by atoms with Gasteiger partial charge in [0.15, 0.2) is 5.65 Å². The minimum absolute atomic E-state index is 0.113. The van der Waals surface area contributed by atoms with Gasteiger partial charge in [0, 0.05) is 11.5 Å². The topological polar surface area (TPSA) is 106 Å². The minimum Gasteiger partial charge on any atom is -0.492 e. The van der Waals surface area contributed by atoms with Crippen molar-refractivity contribution in [3.63, 3.8) is 0 Å². The fourth-order valence-corrected chi connectivity index (χ4v) is 3.06. The van der Waals surface area contributed by atoms with Gasteiger partial charge >= 0.3 is 5.97 Å². The van der Waals surface area contributed by atoms with Crippen molar-refractivity contribution in [2.45, 2.75) is 34.1 Å². The molecule has 29 heavy (non-hydrogen) atoms. The molecule has 0 bridgehead atoms. The van der Waals surface area contributed by atoms with Crippen LogP contribution in [0.1, 0.15) is 42.5 Å². The number of carbonyl (C=O) groups is 1. The van der Waals surface area contributed by atoms with E-state index >= 15 is 0 Å². The van der Waals surface area contributed by atoms with Gasteiger partial charge in [-0.1, -0.05) is 6.92 Å². The second kappa shape index (κ2) is 8.72. The predicted molar refractivity (Wildman–Crippen MR) is 110 cm³/mol. The number of anilines is 2. The number of nitrogens with zero attached hydrogens (tertiary/aromatic N) is 3. The lowest BCUT2D eigenvalue weighted by Gasteiger charge is -2.17. The van der Waals surface area contributed by atoms with Gasteiger partial charge in [-0.05, 0) is 39.3 Å². The van der Waals surface area contributed by atoms with Crippen molar-refractivity contribution in [3.8, 4) is 11.6 Å². The van der Waals surface area contributed by atoms with Gasteiger partial charge < -0.3 is 19.9 Å². The van der Waals surface area contributed by atoms with E-state index in [9.17, 15) is 9.90 Å². The summed E-state index contributed by atoms with van der Waals surface area (Å²) in [5, 5.41) is 13.7. The number of carboxylic acids is 1. The van der Waals surface area contributed by atoms with Crippen molar-refractivity contribution in [3.05, 3.63) is 41.3 Å². The molecular formula is C21H24N4O4. The number of ether oxygens (including phenoxy) is 2. The molecule has 3 aromatic heterocycles. The van der Waals surface area contributed by atoms with E-state index in [4.69, 9.17) is 9.47 Å². The third-order valence-corrected chi connectivity index (χ3v) is 4.34. The second-order valence-corrected chi connectivity index (χ2v) is 6.29. The fourth-order valence-electron chi connectivity index (χ4n) is 3.06. The molecule has 0 saturated carbocycles. The molecule has 0 aliphatic rings. The average molecular weight is 396 g/mol. The van der Waals surface area contributed by atoms with Gasteiger partial charge in [-0.2, -0.15) is 0 Å². The Morgan fingerprint density at radius 3 is 2.48 bits per heavy atom. The van der Waals surface area contributed by atoms with Crippen LogP contribution >= 0.6 is 0 Å². The first-order valence-electron chi connectivity index (χ1n) is 9.54. The van der Waals surface area contributed by atoms with Crippen LogP contribution in [-0.4, -0.2) is 39.2 Å². The van der Waals surface area contributed by atoms with E-state index in [2.05, 4.69) is 20.3 Å². The zero-order chi connectivity index (χ0) is 21.0. The van der Waals surface area contributed by atoms with Crippen LogP contribution in [0, 0.1) is 6.92 Å². The molecule has 3 rings (SSSR count). The number of hydrogen-bond acceptors (Lipinski definition) is 7. The van der Waals surface area contributed by atoms with E-state index in [-0.39, 0.29) is 5.56 Å². The Labute approximate surface area is 168 Å². The number of aromatic carboxylic acids is 1. The predicted octanol–water partition coefficient (Wildman–Crippen LogP) is 4.13. The smallest absolute Gasteiger partial charge is 0.339 e. The summed E-state index contributed by atoms with van der Waals surface area (Å²) in [6.45, 7) is 8.47. The summed E-state index contributed by atoms with van der Waals surface area (Å²) in [6.07, 6.45) is 2.06. The van der Waals surface area contributed by atoms with Crippen LogP contribution in [0.3, 0.4) is 0 Å². The molecule has 0 amide bonds. The first-order valence-corrected chi connectivity index (χ1v) is 9.54. The number of hydrogen-bond donors (Lipinski definition) is 2. The summed E-state index contributed by atoms with van der Waals surface area (Å²) >= 11 is 0. The van der Waals surface area contributed by atoms with E-state index in [0.29, 0.717) is 65.1 Å². The van der Waals surface area contributed by atoms with Gasteiger partial charge in [0.05, 0.1) is 42.2 Å². The van der Waals surface area contributed by atoms with Crippen LogP contribution in [0.25, 0.3) is 11.0 Å². The normalized spacial score (nSPS) is 10.8. The monoisotopic (exact) mass is 396 g/mol. The first kappa shape index (κ1) is 20.3. The largest absolute Gasteiger partial charge is 0.492 e. The lowest BCUT2D eigenvalue weighted by atomic mass is 10.0. The van der Waals surface area contributed by atoms with Gasteiger partial charge in [-0.3, -0.25) is 0 Å². The Morgan fingerprint density at radius 1 is 1.14 bits per heavy atom. The summed E-state index contributed by atoms with van der Waals surface area (Å²) in [6, 6.07) is 5.29. The van der Waals surface area contributed by atoms with Crippen molar-refractivity contribution in [2.24, 2.45) is 0 Å². The standard InChI is InChI=1S/C21H24N4O4/c1-5-15-18(21(26)27)19(24-13-8-9-17(22-11-13)29-7-3)14-10-16(28-6-2)12(4)23-20(14)25-15/h8-11H,5-7H2,1-4H3,(H,26,27)(H,23,24,25). The number of rotatable bonds is 8. The fraction of sp³-hybridized carbons (Fsp3) is 0.333. The SMILES string of the molecule is CCOc1ccc(Nc2c(C(=O)O)c(CC)nc3nc(C)c(OCC)cc23)cn1. The van der Waals surface area contributed by atoms with Crippen LogP contribution in [0.4, 0.5) is 11.4 Å². The number of pyridine rings is 3. The Kier molecular flexibility index (Phi) is 6.11. The first-order chi connectivity index (χ1) is 14.0. The maximum atomic E-state index is 12.1. The Hall–Kier alpha value is -3.42. The maximum absolute atomic E-state index is 12.1. The summed E-state index contributed by atoms with van der Waals surface area (Å²) in [5.74, 6) is 0.0349. The quantitative estimate of drug-likeness (QED) is 0.585. The van der Waals surface area contributed by atoms with Gasteiger partial charge in [0.25, 0.3) is 0 Å². The summed E-state index contributed by atoms with van der Waals surface area (Å²) < 4.78 is 11.0. The van der Waals surface area contributed by atoms with Gasteiger partial charge in [0.1, 0.15) is 11.3 Å². The van der Waals surface area contributed by atoms with Crippen molar-refractivity contribution < 1.29 is 19.4 Å². The van der Waals surface area contributed by atoms with E-state index in [1.54, 1.807) is 24.4 Å². The number of nitrogens with one attached hydrogen (secondary N) is 1. The van der Waals surface area contributed by atoms with Crippen molar-refractivity contribution in [1.82, 2.24) is 15.0 Å². The Bertz CT molecular complexity index is 1040. The van der Waals surface area contributed by atoms with Crippen LogP contribution < -0.4 is 14.8 Å². The highest BCUT2D eigenvalue weighted by Crippen LogP contribution is 2.34. The number of aryl methyl sites for hydroxylation is 2. The van der Waals surface area contributed by atoms with Crippen LogP contribution in [0.2, 0.25) is 0 Å². The summed E-state index contributed by atoms with van der Waals surface area (Å²) in [5.41, 5.74) is 2.78. The van der Waals surface area contributed by atoms with E-state index in [0.717, 1.165) is 0 Å². The molecule has 0 aliphatic heterocycles. The molecule has 8 nitrogen and oxygen atoms in total. The van der Waals surface area contributed by atoms with Crippen LogP contribution in [-0.2, 0) is 6.42 Å². The van der Waals surface area contributed by atoms with Crippen molar-refractivity contribution >= 4 is 28.4 Å². The highest BCUT2D eigenvalue weighted by atomic mass is 16.5. The van der Waals surface area contributed by atoms with E-state index in [1.165, 1.54) is 0 Å². The lowest BCUT2D eigenvalue weighted by molar-refractivity contribution is 0.0696. The molecule has 0 unspecified atom stereocenters. The molecule has 0 fully saturated rings. The molecule has 0 atom stereocenters. The third-order valence-electron chi connectivity index (χ3n) is 4.34. The van der Waals surface area contributed by atoms with E-state index < -0.39 is 5.97 Å². The molecule has 3 aromatic rings. The Balaban J connectivity index is 2.20. The molecule has 0 saturated heterocycles. The number of aromatic nitrogens is 3. The van der Waals surface area contributed by atoms with Gasteiger partial charge in [-0.25, -0.2) is 19.7 Å². The summed E-state index contributed by atoms with van der Waals surface area (Å²) in [7, 11) is 0. The molecule has 152 valence electrons. The molecule has 0 spiro atoms. The zero-order valence-corrected chi connectivity index (χ0v) is 16.9. The van der Waals surface area contributed by atoms with E-state index in [1.807, 2.05) is 27.7 Å². The molecule has 0 radical (unpaired) electrons. The molecule has 3 heterocycles. The van der Waals surface area contributed by atoms with Crippen molar-refractivity contribution in [1.29, 1.82) is 0 Å². The zero-order valence-electron chi connectivity index (χ0n) is 16.9. The molecule has 8 heteroatoms. The highest BCUT2D eigenvalue weighted by molar-refractivity contribution is 6.06. The molecule has 0 aromatic carbocycles. The number of carboxylic acid groups (broad SMARTS) is 1. The van der Waals surface area contributed by atoms with Crippen molar-refractivity contribution in [2.75, 3.05) is 18.5 Å². The average Bonchev–Trinajstić information content (AvgIpc) is 2.70. The molecule has 2 N–H and O–H groups in total. The maximum Gasteiger partial charge on any atom is 0.339 e. The second-order valence-electron chi connectivity index (χ2n) is 6.29. The minimum atomic E-state index is -1.06. The van der Waals surface area contributed by atoms with Crippen LogP contribution in [0.5, 0.6) is 11.6 Å². The molecular weight excluding hydrogens is 372 g/mol.